The summed E-state index contributed by atoms with van der Waals surface area (Å²) in [6, 6.07) is 2.22. The van der Waals surface area contributed by atoms with Crippen molar-refractivity contribution in [3.63, 3.8) is 0 Å². The van der Waals surface area contributed by atoms with E-state index in [1.807, 2.05) is 0 Å². The number of carboxylic acids is 1. The average molecular weight is 481 g/mol. The average Bonchev–Trinajstić information content (AvgIpc) is 2.77. The number of nitrogens with two attached hydrogens (primary N) is 3. The number of aliphatic carboxylic acids is 1. The van der Waals surface area contributed by atoms with E-state index in [1.54, 1.807) is 0 Å². The number of carboxylic acid groups (broad SMARTS) is 1. The first-order chi connectivity index (χ1) is 16.0. The van der Waals surface area contributed by atoms with Crippen molar-refractivity contribution in [2.24, 2.45) is 17.2 Å². The maximum absolute atomic E-state index is 12.4. The number of hydrogen-bond acceptors (Lipinski definition) is 8. The molecule has 0 aromatic heterocycles. The Morgan fingerprint density at radius 3 is 2.15 bits per heavy atom. The molecule has 0 saturated heterocycles. The second-order valence-electron chi connectivity index (χ2n) is 7.67. The molecule has 1 aromatic rings. The Kier molecular flexibility index (Phi) is 12.0. The van der Waals surface area contributed by atoms with E-state index in [1.165, 1.54) is 24.3 Å². The van der Waals surface area contributed by atoms with Crippen molar-refractivity contribution in [2.45, 2.75) is 50.2 Å². The van der Waals surface area contributed by atoms with Gasteiger partial charge < -0.3 is 43.4 Å². The highest BCUT2D eigenvalue weighted by atomic mass is 16.4. The molecular formula is C21H32N6O7. The van der Waals surface area contributed by atoms with Crippen molar-refractivity contribution in [1.29, 1.82) is 0 Å². The van der Waals surface area contributed by atoms with Crippen molar-refractivity contribution in [1.82, 2.24) is 16.0 Å². The van der Waals surface area contributed by atoms with Crippen LogP contribution in [-0.4, -0.2) is 71.0 Å². The van der Waals surface area contributed by atoms with Gasteiger partial charge in [-0.25, -0.2) is 4.79 Å². The molecule has 3 unspecified atom stereocenters. The van der Waals surface area contributed by atoms with Gasteiger partial charge in [-0.2, -0.15) is 0 Å². The number of rotatable bonds is 15. The van der Waals surface area contributed by atoms with Crippen LogP contribution >= 0.6 is 0 Å². The largest absolute Gasteiger partial charge is 0.508 e. The van der Waals surface area contributed by atoms with Gasteiger partial charge in [-0.1, -0.05) is 18.6 Å². The lowest BCUT2D eigenvalue weighted by atomic mass is 10.1. The summed E-state index contributed by atoms with van der Waals surface area (Å²) in [5.74, 6) is -4.47. The molecule has 11 N–H and O–H groups in total. The highest BCUT2D eigenvalue weighted by molar-refractivity contribution is 5.95. The molecule has 3 atom stereocenters. The molecule has 1 rings (SSSR count). The quantitative estimate of drug-likeness (QED) is 0.123. The Morgan fingerprint density at radius 2 is 1.59 bits per heavy atom. The molecule has 0 bridgehead atoms. The summed E-state index contributed by atoms with van der Waals surface area (Å²) in [6.45, 7) is -0.160. The fourth-order valence-electron chi connectivity index (χ4n) is 2.93. The van der Waals surface area contributed by atoms with E-state index in [4.69, 9.17) is 17.2 Å². The molecule has 0 spiro atoms. The lowest BCUT2D eigenvalue weighted by Gasteiger charge is -2.20. The first kappa shape index (κ1) is 28.3. The van der Waals surface area contributed by atoms with Crippen LogP contribution in [0.15, 0.2) is 24.3 Å². The van der Waals surface area contributed by atoms with Gasteiger partial charge in [0.1, 0.15) is 17.8 Å². The zero-order valence-electron chi connectivity index (χ0n) is 18.7. The number of benzene rings is 1. The SMILES string of the molecule is NCCCCC(N)C(=O)NC(CC(N)=O)C(=O)NCC(=O)NC(Cc1ccc(O)cc1)C(=O)O. The van der Waals surface area contributed by atoms with E-state index < -0.39 is 60.7 Å². The fourth-order valence-corrected chi connectivity index (χ4v) is 2.93. The summed E-state index contributed by atoms with van der Waals surface area (Å²) in [5, 5.41) is 25.5. The molecule has 13 heteroatoms. The third-order valence-electron chi connectivity index (χ3n) is 4.78. The van der Waals surface area contributed by atoms with Crippen LogP contribution in [0.25, 0.3) is 0 Å². The van der Waals surface area contributed by atoms with Gasteiger partial charge in [0.2, 0.25) is 23.6 Å². The molecule has 1 aromatic carbocycles. The zero-order chi connectivity index (χ0) is 25.7. The summed E-state index contributed by atoms with van der Waals surface area (Å²) in [5.41, 5.74) is 16.9. The molecule has 34 heavy (non-hydrogen) atoms. The predicted octanol–water partition coefficient (Wildman–Crippen LogP) is -2.56. The molecule has 0 aliphatic rings. The number of phenolic OH excluding ortho intramolecular Hbond substituents is 1. The number of carbonyl (C=O) groups excluding carboxylic acids is 4. The Hall–Kier alpha value is -3.71. The van der Waals surface area contributed by atoms with Crippen molar-refractivity contribution in [2.75, 3.05) is 13.1 Å². The van der Waals surface area contributed by atoms with Gasteiger partial charge in [0.25, 0.3) is 0 Å². The van der Waals surface area contributed by atoms with Crippen LogP contribution < -0.4 is 33.2 Å². The fraction of sp³-hybridized carbons (Fsp3) is 0.476. The molecular weight excluding hydrogens is 448 g/mol. The van der Waals surface area contributed by atoms with Crippen molar-refractivity contribution >= 4 is 29.6 Å². The normalized spacial score (nSPS) is 13.2. The monoisotopic (exact) mass is 480 g/mol. The highest BCUT2D eigenvalue weighted by Crippen LogP contribution is 2.11. The van der Waals surface area contributed by atoms with Crippen LogP contribution in [0, 0.1) is 0 Å². The molecule has 0 saturated carbocycles. The van der Waals surface area contributed by atoms with E-state index in [0.717, 1.165) is 0 Å². The van der Waals surface area contributed by atoms with Crippen LogP contribution in [-0.2, 0) is 30.4 Å². The number of nitrogens with one attached hydrogen (secondary N) is 3. The third kappa shape index (κ3) is 10.7. The molecule has 0 radical (unpaired) electrons. The summed E-state index contributed by atoms with van der Waals surface area (Å²) in [4.78, 5) is 59.7. The summed E-state index contributed by atoms with van der Waals surface area (Å²) >= 11 is 0. The molecule has 13 nitrogen and oxygen atoms in total. The van der Waals surface area contributed by atoms with Crippen molar-refractivity contribution < 1.29 is 34.2 Å². The molecule has 4 amide bonds. The van der Waals surface area contributed by atoms with Crippen LogP contribution in [0.3, 0.4) is 0 Å². The summed E-state index contributed by atoms with van der Waals surface area (Å²) in [7, 11) is 0. The molecule has 0 aliphatic carbocycles. The van der Waals surface area contributed by atoms with E-state index in [9.17, 15) is 34.2 Å². The van der Waals surface area contributed by atoms with Crippen molar-refractivity contribution in [3.8, 4) is 5.75 Å². The number of phenols is 1. The lowest BCUT2D eigenvalue weighted by molar-refractivity contribution is -0.141. The van der Waals surface area contributed by atoms with E-state index in [-0.39, 0.29) is 12.2 Å². The minimum Gasteiger partial charge on any atom is -0.508 e. The number of aromatic hydroxyl groups is 1. The Balaban J connectivity index is 2.65. The number of unbranched alkanes of at least 4 members (excludes halogenated alkanes) is 1. The maximum atomic E-state index is 12.4. The molecule has 188 valence electrons. The van der Waals surface area contributed by atoms with Gasteiger partial charge in [-0.15, -0.1) is 0 Å². The Morgan fingerprint density at radius 1 is 0.941 bits per heavy atom. The number of primary amides is 1. The standard InChI is InChI=1S/C21H32N6O7/c22-8-2-1-3-14(23)19(31)27-15(10-17(24)29)20(32)25-11-18(30)26-16(21(33)34)9-12-4-6-13(28)7-5-12/h4-7,14-16,28H,1-3,8-11,22-23H2,(H2,24,29)(H,25,32)(H,26,30)(H,27,31)(H,33,34). The second-order valence-corrected chi connectivity index (χ2v) is 7.67. The zero-order valence-corrected chi connectivity index (χ0v) is 18.7. The minimum absolute atomic E-state index is 0.0106. The van der Waals surface area contributed by atoms with Crippen LogP contribution in [0.2, 0.25) is 0 Å². The summed E-state index contributed by atoms with van der Waals surface area (Å²) < 4.78 is 0. The van der Waals surface area contributed by atoms with Gasteiger partial charge in [-0.3, -0.25) is 19.2 Å². The number of carbonyl (C=O) groups is 5. The summed E-state index contributed by atoms with van der Waals surface area (Å²) in [6.07, 6.45) is 1.02. The minimum atomic E-state index is -1.36. The Bertz CT molecular complexity index is 862. The lowest BCUT2D eigenvalue weighted by Crippen LogP contribution is -2.54. The van der Waals surface area contributed by atoms with Gasteiger partial charge in [0, 0.05) is 6.42 Å². The molecule has 0 heterocycles. The Labute approximate surface area is 196 Å². The van der Waals surface area contributed by atoms with Crippen LogP contribution in [0.5, 0.6) is 5.75 Å². The highest BCUT2D eigenvalue weighted by Gasteiger charge is 2.26. The smallest absolute Gasteiger partial charge is 0.326 e. The maximum Gasteiger partial charge on any atom is 0.326 e. The first-order valence-corrected chi connectivity index (χ1v) is 10.7. The predicted molar refractivity (Wildman–Crippen MR) is 121 cm³/mol. The molecule has 0 fully saturated rings. The number of amides is 4. The second kappa shape index (κ2) is 14.4. The number of hydrogen-bond donors (Lipinski definition) is 8. The van der Waals surface area contributed by atoms with Gasteiger partial charge in [0.15, 0.2) is 0 Å². The topological polar surface area (TPSA) is 240 Å². The van der Waals surface area contributed by atoms with E-state index in [0.29, 0.717) is 31.4 Å². The van der Waals surface area contributed by atoms with Crippen LogP contribution in [0.4, 0.5) is 0 Å². The van der Waals surface area contributed by atoms with Gasteiger partial charge in [0.05, 0.1) is 19.0 Å². The van der Waals surface area contributed by atoms with Gasteiger partial charge >= 0.3 is 5.97 Å². The third-order valence-corrected chi connectivity index (χ3v) is 4.78. The van der Waals surface area contributed by atoms with Gasteiger partial charge in [-0.05, 0) is 37.1 Å². The molecule has 0 aliphatic heterocycles. The van der Waals surface area contributed by atoms with Crippen molar-refractivity contribution in [3.05, 3.63) is 29.8 Å². The first-order valence-electron chi connectivity index (χ1n) is 10.7. The van der Waals surface area contributed by atoms with E-state index >= 15 is 0 Å². The van der Waals surface area contributed by atoms with E-state index in [2.05, 4.69) is 16.0 Å². The van der Waals surface area contributed by atoms with Crippen LogP contribution in [0.1, 0.15) is 31.2 Å².